The van der Waals surface area contributed by atoms with E-state index in [1.54, 1.807) is 0 Å². The van der Waals surface area contributed by atoms with Crippen LogP contribution in [0, 0.1) is 29.6 Å². The molecule has 0 aromatic rings. The molecule has 5 nitrogen and oxygen atoms in total. The number of carbonyl (C=O) groups is 1. The predicted molar refractivity (Wildman–Crippen MR) is 63.0 cm³/mol. The van der Waals surface area contributed by atoms with Gasteiger partial charge in [0.05, 0.1) is 19.1 Å². The molecule has 1 aliphatic heterocycles. The summed E-state index contributed by atoms with van der Waals surface area (Å²) in [6.45, 7) is 4.12. The summed E-state index contributed by atoms with van der Waals surface area (Å²) >= 11 is 0. The smallest absolute Gasteiger partial charge is 0.310 e. The number of hydrogen-bond acceptors (Lipinski definition) is 5. The second kappa shape index (κ2) is 3.70. The molecule has 0 radical (unpaired) electrons. The van der Waals surface area contributed by atoms with Crippen LogP contribution in [0.15, 0.2) is 0 Å². The fourth-order valence-electron chi connectivity index (χ4n) is 4.42. The van der Waals surface area contributed by atoms with E-state index in [9.17, 15) is 13.2 Å². The van der Waals surface area contributed by atoms with E-state index in [-0.39, 0.29) is 23.9 Å². The third kappa shape index (κ3) is 1.36. The van der Waals surface area contributed by atoms with E-state index in [1.165, 1.54) is 7.11 Å². The molecular weight excluding hydrogens is 256 g/mol. The standard InChI is InChI=1S/C12H18O5S/c1-5(2)8-6-4-7-10(8)17-18(14,15)11(7)9(6)12(13)16-3/h5-11H,4H2,1-3H3. The maximum Gasteiger partial charge on any atom is 0.310 e. The van der Waals surface area contributed by atoms with Crippen molar-refractivity contribution in [3.05, 3.63) is 0 Å². The first kappa shape index (κ1) is 12.4. The highest BCUT2D eigenvalue weighted by molar-refractivity contribution is 7.87. The van der Waals surface area contributed by atoms with E-state index in [1.807, 2.05) is 0 Å². The molecule has 0 aromatic heterocycles. The van der Waals surface area contributed by atoms with Crippen LogP contribution in [-0.4, -0.2) is 32.9 Å². The maximum absolute atomic E-state index is 12.0. The molecule has 2 saturated carbocycles. The van der Waals surface area contributed by atoms with Gasteiger partial charge in [-0.05, 0) is 24.2 Å². The molecule has 3 aliphatic rings. The lowest BCUT2D eigenvalue weighted by atomic mass is 9.73. The Labute approximate surface area is 107 Å². The summed E-state index contributed by atoms with van der Waals surface area (Å²) < 4.78 is 34.2. The Morgan fingerprint density at radius 1 is 1.33 bits per heavy atom. The van der Waals surface area contributed by atoms with Crippen molar-refractivity contribution < 1.29 is 22.1 Å². The van der Waals surface area contributed by atoms with Crippen LogP contribution in [0.2, 0.25) is 0 Å². The van der Waals surface area contributed by atoms with Crippen molar-refractivity contribution in [2.45, 2.75) is 31.6 Å². The van der Waals surface area contributed by atoms with E-state index in [0.29, 0.717) is 5.92 Å². The highest BCUT2D eigenvalue weighted by Crippen LogP contribution is 2.61. The second-order valence-electron chi connectivity index (χ2n) is 5.95. The molecule has 3 fully saturated rings. The van der Waals surface area contributed by atoms with Crippen LogP contribution >= 0.6 is 0 Å². The molecule has 1 saturated heterocycles. The van der Waals surface area contributed by atoms with Crippen LogP contribution in [0.1, 0.15) is 20.3 Å². The largest absolute Gasteiger partial charge is 0.469 e. The minimum absolute atomic E-state index is 0.0171. The fourth-order valence-corrected chi connectivity index (χ4v) is 6.49. The molecule has 0 spiro atoms. The van der Waals surface area contributed by atoms with E-state index in [4.69, 9.17) is 8.92 Å². The Kier molecular flexibility index (Phi) is 2.55. The highest BCUT2D eigenvalue weighted by atomic mass is 32.2. The maximum atomic E-state index is 12.0. The van der Waals surface area contributed by atoms with Gasteiger partial charge >= 0.3 is 5.97 Å². The molecule has 2 aliphatic carbocycles. The minimum atomic E-state index is -3.60. The van der Waals surface area contributed by atoms with Gasteiger partial charge in [-0.1, -0.05) is 13.8 Å². The third-order valence-corrected chi connectivity index (χ3v) is 6.70. The van der Waals surface area contributed by atoms with Crippen LogP contribution in [0.5, 0.6) is 0 Å². The zero-order chi connectivity index (χ0) is 13.2. The minimum Gasteiger partial charge on any atom is -0.469 e. The van der Waals surface area contributed by atoms with E-state index in [2.05, 4.69) is 13.8 Å². The Morgan fingerprint density at radius 3 is 2.56 bits per heavy atom. The molecule has 0 amide bonds. The van der Waals surface area contributed by atoms with Gasteiger partial charge in [0.25, 0.3) is 10.1 Å². The quantitative estimate of drug-likeness (QED) is 0.550. The predicted octanol–water partition coefficient (Wildman–Crippen LogP) is 0.795. The van der Waals surface area contributed by atoms with Crippen molar-refractivity contribution in [1.29, 1.82) is 0 Å². The Balaban J connectivity index is 2.05. The van der Waals surface area contributed by atoms with Gasteiger partial charge in [0, 0.05) is 5.92 Å². The zero-order valence-electron chi connectivity index (χ0n) is 10.7. The third-order valence-electron chi connectivity index (χ3n) is 4.90. The molecule has 0 aromatic carbocycles. The van der Waals surface area contributed by atoms with Crippen LogP contribution in [0.3, 0.4) is 0 Å². The van der Waals surface area contributed by atoms with Crippen molar-refractivity contribution in [2.24, 2.45) is 29.6 Å². The lowest BCUT2D eigenvalue weighted by Gasteiger charge is -2.32. The molecule has 6 unspecified atom stereocenters. The first-order chi connectivity index (χ1) is 8.38. The second-order valence-corrected chi connectivity index (χ2v) is 7.67. The number of carbonyl (C=O) groups excluding carboxylic acids is 1. The van der Waals surface area contributed by atoms with Crippen molar-refractivity contribution >= 4 is 16.1 Å². The molecule has 3 rings (SSSR count). The van der Waals surface area contributed by atoms with E-state index >= 15 is 0 Å². The van der Waals surface area contributed by atoms with Crippen LogP contribution < -0.4 is 0 Å². The first-order valence-electron chi connectivity index (χ1n) is 6.38. The van der Waals surface area contributed by atoms with Gasteiger partial charge in [-0.3, -0.25) is 8.98 Å². The number of hydrogen-bond donors (Lipinski definition) is 0. The summed E-state index contributed by atoms with van der Waals surface area (Å²) in [6, 6.07) is 0. The van der Waals surface area contributed by atoms with Gasteiger partial charge in [-0.2, -0.15) is 8.42 Å². The van der Waals surface area contributed by atoms with Gasteiger partial charge < -0.3 is 4.74 Å². The lowest BCUT2D eigenvalue weighted by Crippen LogP contribution is -2.42. The van der Waals surface area contributed by atoms with Gasteiger partial charge in [0.1, 0.15) is 5.25 Å². The number of fused-ring (bicyclic) bond motifs is 1. The SMILES string of the molecule is COC(=O)C1C2CC3C(OS(=O)(=O)C31)C2C(C)C. The number of ether oxygens (including phenoxy) is 1. The Hall–Kier alpha value is -0.620. The summed E-state index contributed by atoms with van der Waals surface area (Å²) in [5.74, 6) is -0.396. The van der Waals surface area contributed by atoms with E-state index < -0.39 is 27.3 Å². The number of esters is 1. The number of methoxy groups -OCH3 is 1. The molecule has 0 N–H and O–H groups in total. The van der Waals surface area contributed by atoms with Gasteiger partial charge in [0.15, 0.2) is 0 Å². The zero-order valence-corrected chi connectivity index (χ0v) is 11.5. The Morgan fingerprint density at radius 2 is 2.00 bits per heavy atom. The molecule has 6 heteroatoms. The molecular formula is C12H18O5S. The molecule has 18 heavy (non-hydrogen) atoms. The summed E-state index contributed by atoms with van der Waals surface area (Å²) in [4.78, 5) is 11.9. The monoisotopic (exact) mass is 274 g/mol. The molecule has 2 bridgehead atoms. The van der Waals surface area contributed by atoms with Crippen molar-refractivity contribution in [2.75, 3.05) is 7.11 Å². The molecule has 102 valence electrons. The van der Waals surface area contributed by atoms with Crippen molar-refractivity contribution in [3.63, 3.8) is 0 Å². The van der Waals surface area contributed by atoms with Crippen LogP contribution in [0.4, 0.5) is 0 Å². The van der Waals surface area contributed by atoms with E-state index in [0.717, 1.165) is 6.42 Å². The van der Waals surface area contributed by atoms with Gasteiger partial charge in [-0.25, -0.2) is 0 Å². The number of rotatable bonds is 2. The fraction of sp³-hybridized carbons (Fsp3) is 0.917. The van der Waals surface area contributed by atoms with Gasteiger partial charge in [-0.15, -0.1) is 0 Å². The van der Waals surface area contributed by atoms with Gasteiger partial charge in [0.2, 0.25) is 0 Å². The topological polar surface area (TPSA) is 69.7 Å². The Bertz CT molecular complexity index is 483. The summed E-state index contributed by atoms with van der Waals surface area (Å²) in [6.07, 6.45) is 0.558. The normalized spacial score (nSPS) is 47.8. The molecule has 6 atom stereocenters. The summed E-state index contributed by atoms with van der Waals surface area (Å²) in [5, 5.41) is -0.671. The van der Waals surface area contributed by atoms with Crippen molar-refractivity contribution in [1.82, 2.24) is 0 Å². The highest BCUT2D eigenvalue weighted by Gasteiger charge is 2.70. The molecule has 1 heterocycles. The first-order valence-corrected chi connectivity index (χ1v) is 7.85. The summed E-state index contributed by atoms with van der Waals surface area (Å²) in [5.41, 5.74) is 0. The lowest BCUT2D eigenvalue weighted by molar-refractivity contribution is -0.148. The van der Waals surface area contributed by atoms with Crippen molar-refractivity contribution in [3.8, 4) is 0 Å². The summed E-state index contributed by atoms with van der Waals surface area (Å²) in [7, 11) is -2.28. The van der Waals surface area contributed by atoms with Crippen LogP contribution in [-0.2, 0) is 23.8 Å². The average molecular weight is 274 g/mol. The van der Waals surface area contributed by atoms with Crippen LogP contribution in [0.25, 0.3) is 0 Å². The average Bonchev–Trinajstić information content (AvgIpc) is 2.85.